The molecule has 0 aromatic heterocycles. The molecule has 154 valence electrons. The van der Waals surface area contributed by atoms with Crippen molar-refractivity contribution in [2.45, 2.75) is 25.9 Å². The second-order valence-electron chi connectivity index (χ2n) is 6.80. The lowest BCUT2D eigenvalue weighted by Crippen LogP contribution is -2.29. The summed E-state index contributed by atoms with van der Waals surface area (Å²) in [4.78, 5) is 17.1. The average Bonchev–Trinajstić information content (AvgIpc) is 2.78. The molecule has 3 rings (SSSR count). The van der Waals surface area contributed by atoms with E-state index in [1.165, 1.54) is 0 Å². The van der Waals surface area contributed by atoms with Gasteiger partial charge in [-0.15, -0.1) is 0 Å². The van der Waals surface area contributed by atoms with E-state index in [4.69, 9.17) is 9.57 Å². The summed E-state index contributed by atoms with van der Waals surface area (Å²) in [6, 6.07) is 26.5. The van der Waals surface area contributed by atoms with Crippen LogP contribution >= 0.6 is 0 Å². The van der Waals surface area contributed by atoms with Crippen LogP contribution in [0.5, 0.6) is 5.75 Å². The number of oxime groups is 1. The number of carboxylic acid groups (broad SMARTS) is 1. The first-order chi connectivity index (χ1) is 14.7. The Morgan fingerprint density at radius 2 is 1.50 bits per heavy atom. The summed E-state index contributed by atoms with van der Waals surface area (Å²) in [7, 11) is 0. The summed E-state index contributed by atoms with van der Waals surface area (Å²) in [5.41, 5.74) is 3.43. The van der Waals surface area contributed by atoms with E-state index < -0.39 is 12.1 Å². The topological polar surface area (TPSA) is 68.1 Å². The first-order valence-electron chi connectivity index (χ1n) is 9.96. The zero-order valence-corrected chi connectivity index (χ0v) is 16.9. The number of carboxylic acids is 1. The van der Waals surface area contributed by atoms with Gasteiger partial charge in [0, 0.05) is 17.5 Å². The normalized spacial score (nSPS) is 12.2. The Labute approximate surface area is 176 Å². The van der Waals surface area contributed by atoms with Crippen molar-refractivity contribution in [3.63, 3.8) is 0 Å². The van der Waals surface area contributed by atoms with Gasteiger partial charge in [-0.1, -0.05) is 72.7 Å². The molecular formula is C25H25NO4. The third-order valence-corrected chi connectivity index (χ3v) is 4.44. The van der Waals surface area contributed by atoms with Crippen LogP contribution in [0, 0.1) is 0 Å². The van der Waals surface area contributed by atoms with Crippen molar-refractivity contribution in [2.75, 3.05) is 6.61 Å². The van der Waals surface area contributed by atoms with Crippen LogP contribution in [0.4, 0.5) is 0 Å². The number of benzene rings is 3. The van der Waals surface area contributed by atoms with Crippen molar-refractivity contribution in [3.8, 4) is 5.75 Å². The molecule has 3 aromatic rings. The summed E-state index contributed by atoms with van der Waals surface area (Å²) in [6.45, 7) is 2.56. The second kappa shape index (κ2) is 10.8. The van der Waals surface area contributed by atoms with Gasteiger partial charge in [0.1, 0.15) is 18.1 Å². The molecule has 30 heavy (non-hydrogen) atoms. The predicted molar refractivity (Wildman–Crippen MR) is 117 cm³/mol. The van der Waals surface area contributed by atoms with E-state index in [2.05, 4.69) is 5.16 Å². The minimum Gasteiger partial charge on any atom is -0.478 e. The van der Waals surface area contributed by atoms with E-state index in [-0.39, 0.29) is 0 Å². The summed E-state index contributed by atoms with van der Waals surface area (Å²) in [5.74, 6) is -0.508. The number of hydrogen-bond donors (Lipinski definition) is 1. The quantitative estimate of drug-likeness (QED) is 0.296. The van der Waals surface area contributed by atoms with Crippen molar-refractivity contribution in [1.29, 1.82) is 0 Å². The fraction of sp³-hybridized carbons (Fsp3) is 0.200. The highest BCUT2D eigenvalue weighted by molar-refractivity contribution is 6.12. The fourth-order valence-electron chi connectivity index (χ4n) is 2.93. The molecule has 0 aliphatic rings. The Kier molecular flexibility index (Phi) is 7.61. The molecule has 0 aliphatic heterocycles. The van der Waals surface area contributed by atoms with E-state index >= 15 is 0 Å². The molecule has 0 saturated heterocycles. The monoisotopic (exact) mass is 403 g/mol. The van der Waals surface area contributed by atoms with Crippen LogP contribution < -0.4 is 4.74 Å². The lowest BCUT2D eigenvalue weighted by Gasteiger charge is -2.16. The number of aliphatic carboxylic acids is 1. The van der Waals surface area contributed by atoms with Crippen molar-refractivity contribution in [1.82, 2.24) is 0 Å². The molecule has 5 heteroatoms. The van der Waals surface area contributed by atoms with Crippen LogP contribution in [0.1, 0.15) is 30.0 Å². The van der Waals surface area contributed by atoms with E-state index in [9.17, 15) is 9.90 Å². The first kappa shape index (κ1) is 21.1. The molecule has 0 aliphatic carbocycles. The van der Waals surface area contributed by atoms with Gasteiger partial charge in [-0.3, -0.25) is 0 Å². The Balaban J connectivity index is 1.77. The van der Waals surface area contributed by atoms with Crippen LogP contribution in [0.2, 0.25) is 0 Å². The fourth-order valence-corrected chi connectivity index (χ4v) is 2.93. The first-order valence-corrected chi connectivity index (χ1v) is 9.96. The largest absolute Gasteiger partial charge is 0.478 e. The Hall–Kier alpha value is -3.60. The molecule has 0 saturated carbocycles. The standard InChI is InChI=1S/C25H25NO4/c1-2-17-29-26-24(20-11-7-4-8-12-20)21-13-15-22(16-14-21)30-23(25(27)28)18-19-9-5-3-6-10-19/h3-16,23H,2,17-18H2,1H3,(H,27,28)/b26-24-. The van der Waals surface area contributed by atoms with Crippen molar-refractivity contribution < 1.29 is 19.5 Å². The summed E-state index contributed by atoms with van der Waals surface area (Å²) >= 11 is 0. The number of nitrogens with zero attached hydrogens (tertiary/aromatic N) is 1. The lowest BCUT2D eigenvalue weighted by atomic mass is 10.0. The molecule has 1 atom stereocenters. The Morgan fingerprint density at radius 1 is 0.900 bits per heavy atom. The highest BCUT2D eigenvalue weighted by Gasteiger charge is 2.20. The number of carbonyl (C=O) groups is 1. The summed E-state index contributed by atoms with van der Waals surface area (Å²) < 4.78 is 5.75. The number of rotatable bonds is 10. The summed E-state index contributed by atoms with van der Waals surface area (Å²) in [5, 5.41) is 13.9. The van der Waals surface area contributed by atoms with Crippen LogP contribution in [-0.4, -0.2) is 29.5 Å². The SMILES string of the molecule is CCCO/N=C(/c1ccccc1)c1ccc(OC(Cc2ccccc2)C(=O)O)cc1. The minimum atomic E-state index is -0.998. The number of hydrogen-bond acceptors (Lipinski definition) is 4. The minimum absolute atomic E-state index is 0.291. The van der Waals surface area contributed by atoms with Gasteiger partial charge < -0.3 is 14.7 Å². The van der Waals surface area contributed by atoms with E-state index in [1.807, 2.05) is 79.7 Å². The molecular weight excluding hydrogens is 378 g/mol. The van der Waals surface area contributed by atoms with Gasteiger partial charge in [-0.2, -0.15) is 0 Å². The highest BCUT2D eigenvalue weighted by Crippen LogP contribution is 2.19. The molecule has 0 radical (unpaired) electrons. The Bertz CT molecular complexity index is 953. The lowest BCUT2D eigenvalue weighted by molar-refractivity contribution is -0.145. The van der Waals surface area contributed by atoms with Crippen LogP contribution in [0.25, 0.3) is 0 Å². The zero-order chi connectivity index (χ0) is 21.2. The van der Waals surface area contributed by atoms with Gasteiger partial charge in [0.05, 0.1) is 0 Å². The van der Waals surface area contributed by atoms with Crippen LogP contribution in [0.15, 0.2) is 90.1 Å². The molecule has 1 N–H and O–H groups in total. The van der Waals surface area contributed by atoms with E-state index in [0.29, 0.717) is 18.8 Å². The maximum atomic E-state index is 11.7. The molecule has 0 amide bonds. The summed E-state index contributed by atoms with van der Waals surface area (Å²) in [6.07, 6.45) is 0.198. The van der Waals surface area contributed by atoms with E-state index in [1.54, 1.807) is 12.1 Å². The zero-order valence-electron chi connectivity index (χ0n) is 16.9. The molecule has 0 bridgehead atoms. The maximum Gasteiger partial charge on any atom is 0.345 e. The van der Waals surface area contributed by atoms with Gasteiger partial charge >= 0.3 is 5.97 Å². The Morgan fingerprint density at radius 3 is 2.10 bits per heavy atom. The molecule has 0 spiro atoms. The van der Waals surface area contributed by atoms with E-state index in [0.717, 1.165) is 28.8 Å². The molecule has 5 nitrogen and oxygen atoms in total. The third-order valence-electron chi connectivity index (χ3n) is 4.44. The maximum absolute atomic E-state index is 11.7. The second-order valence-corrected chi connectivity index (χ2v) is 6.80. The third kappa shape index (κ3) is 5.95. The van der Waals surface area contributed by atoms with Crippen molar-refractivity contribution in [3.05, 3.63) is 102 Å². The van der Waals surface area contributed by atoms with Gasteiger partial charge in [0.25, 0.3) is 0 Å². The molecule has 3 aromatic carbocycles. The molecule has 0 fully saturated rings. The van der Waals surface area contributed by atoms with Crippen molar-refractivity contribution >= 4 is 11.7 Å². The molecule has 1 unspecified atom stereocenters. The smallest absolute Gasteiger partial charge is 0.345 e. The van der Waals surface area contributed by atoms with Crippen LogP contribution in [-0.2, 0) is 16.1 Å². The van der Waals surface area contributed by atoms with Gasteiger partial charge in [0.2, 0.25) is 0 Å². The predicted octanol–water partition coefficient (Wildman–Crippen LogP) is 4.94. The van der Waals surface area contributed by atoms with Gasteiger partial charge in [0.15, 0.2) is 6.10 Å². The van der Waals surface area contributed by atoms with Crippen LogP contribution in [0.3, 0.4) is 0 Å². The van der Waals surface area contributed by atoms with Gasteiger partial charge in [-0.05, 0) is 36.2 Å². The number of ether oxygens (including phenoxy) is 1. The molecule has 0 heterocycles. The average molecular weight is 403 g/mol. The van der Waals surface area contributed by atoms with Crippen molar-refractivity contribution in [2.24, 2.45) is 5.16 Å². The van der Waals surface area contributed by atoms with Gasteiger partial charge in [-0.25, -0.2) is 4.79 Å². The highest BCUT2D eigenvalue weighted by atomic mass is 16.6.